The molecule has 3 atom stereocenters. The van der Waals surface area contributed by atoms with Gasteiger partial charge in [-0.1, -0.05) is 37.1 Å². The molecular weight excluding hydrogens is 644 g/mol. The van der Waals surface area contributed by atoms with Gasteiger partial charge in [-0.15, -0.1) is 0 Å². The lowest BCUT2D eigenvalue weighted by Gasteiger charge is -2.27. The van der Waals surface area contributed by atoms with Crippen molar-refractivity contribution in [3.63, 3.8) is 0 Å². The first-order valence-corrected chi connectivity index (χ1v) is 17.0. The third kappa shape index (κ3) is 5.83. The minimum atomic E-state index is -0.531. The Bertz CT molecular complexity index is 1880. The smallest absolute Gasteiger partial charge is 0.245 e. The largest absolute Gasteiger partial charge is 0.327 e. The minimum absolute atomic E-state index is 0.0183. The number of amides is 1. The van der Waals surface area contributed by atoms with Gasteiger partial charge in [0, 0.05) is 41.7 Å². The van der Waals surface area contributed by atoms with Crippen LogP contribution in [0, 0.1) is 12.3 Å². The summed E-state index contributed by atoms with van der Waals surface area (Å²) in [4.78, 5) is 56.1. The summed E-state index contributed by atoms with van der Waals surface area (Å²) < 4.78 is 2.33. The number of hydrogen-bond donors (Lipinski definition) is 0. The van der Waals surface area contributed by atoms with Gasteiger partial charge >= 0.3 is 0 Å². The molecule has 236 valence electrons. The summed E-state index contributed by atoms with van der Waals surface area (Å²) in [6.45, 7) is 3.26. The highest BCUT2D eigenvalue weighted by molar-refractivity contribution is 9.10. The number of fused-ring (bicyclic) bond motifs is 3. The Kier molecular flexibility index (Phi) is 8.17. The van der Waals surface area contributed by atoms with Crippen molar-refractivity contribution in [1.29, 1.82) is 0 Å². The predicted molar refractivity (Wildman–Crippen MR) is 178 cm³/mol. The van der Waals surface area contributed by atoms with Crippen LogP contribution in [0.2, 0.25) is 0 Å². The molecule has 0 unspecified atom stereocenters. The third-order valence-corrected chi connectivity index (χ3v) is 10.3. The van der Waals surface area contributed by atoms with Gasteiger partial charge in [-0.3, -0.25) is 19.1 Å². The molecule has 2 aliphatic carbocycles. The second-order valence-electron chi connectivity index (χ2n) is 13.0. The predicted octanol–water partition coefficient (Wildman–Crippen LogP) is 6.40. The van der Waals surface area contributed by atoms with Crippen LogP contribution in [0.1, 0.15) is 79.4 Å². The SMILES string of the molecule is CC(=O)c1nn(CC(=O)N2[C@H]3C[C@@]4(C=CCCCCCCc5ccc(Br)nc5CC3=O)C[C@@H]24)c2ccc(-c3cnc(C)nc3)cc12. The molecule has 3 aliphatic rings. The number of allylic oxidation sites excluding steroid dienone is 1. The maximum atomic E-state index is 14.2. The molecule has 1 amide bonds. The zero-order valence-electron chi connectivity index (χ0n) is 26.2. The summed E-state index contributed by atoms with van der Waals surface area (Å²) in [5.74, 6) is 0.362. The Morgan fingerprint density at radius 2 is 1.83 bits per heavy atom. The zero-order chi connectivity index (χ0) is 32.0. The number of rotatable bonds is 4. The van der Waals surface area contributed by atoms with Crippen LogP contribution in [0.25, 0.3) is 22.0 Å². The molecule has 1 saturated heterocycles. The average Bonchev–Trinajstić information content (AvgIpc) is 3.45. The molecule has 7 rings (SSSR count). The normalized spacial score (nSPS) is 23.0. The standard InChI is InChI=1S/C36H37BrN6O3/c1-22(44)35-27-15-25(26-19-38-23(2)39-20-26)10-12-29(27)42(41-35)21-34(46)43-30-17-36(18-32(36)43)14-8-6-4-3-5-7-9-24-11-13-33(37)40-28(24)16-31(30)45/h8,10-15,19-20,30,32H,3-7,9,16-18,21H2,1-2H3/t30-,32+,36-/m0/s1. The first kappa shape index (κ1) is 30.6. The van der Waals surface area contributed by atoms with Crippen molar-refractivity contribution in [2.24, 2.45) is 5.41 Å². The van der Waals surface area contributed by atoms with Gasteiger partial charge in [0.05, 0.1) is 23.7 Å². The first-order valence-electron chi connectivity index (χ1n) is 16.2. The molecule has 10 heteroatoms. The molecule has 4 heterocycles. The van der Waals surface area contributed by atoms with E-state index in [1.807, 2.05) is 36.1 Å². The van der Waals surface area contributed by atoms with Crippen LogP contribution in [0.4, 0.5) is 0 Å². The van der Waals surface area contributed by atoms with E-state index in [1.54, 1.807) is 17.1 Å². The number of likely N-dealkylation sites (tertiary alicyclic amines) is 1. The Hall–Kier alpha value is -4.05. The third-order valence-electron chi connectivity index (χ3n) is 9.86. The summed E-state index contributed by atoms with van der Waals surface area (Å²) in [5, 5.41) is 5.30. The summed E-state index contributed by atoms with van der Waals surface area (Å²) in [6.07, 6.45) is 16.2. The number of carbonyl (C=O) groups excluding carboxylic acids is 3. The quantitative estimate of drug-likeness (QED) is 0.139. The van der Waals surface area contributed by atoms with E-state index < -0.39 is 6.04 Å². The Balaban J connectivity index is 1.20. The Morgan fingerprint density at radius 3 is 2.63 bits per heavy atom. The highest BCUT2D eigenvalue weighted by atomic mass is 79.9. The average molecular weight is 682 g/mol. The van der Waals surface area contributed by atoms with Crippen molar-refractivity contribution in [2.45, 2.75) is 90.3 Å². The number of aromatic nitrogens is 5. The lowest BCUT2D eigenvalue weighted by Crippen LogP contribution is -2.45. The Morgan fingerprint density at radius 1 is 1.02 bits per heavy atom. The van der Waals surface area contributed by atoms with E-state index in [0.29, 0.717) is 33.4 Å². The molecule has 1 aromatic carbocycles. The molecule has 2 fully saturated rings. The topological polar surface area (TPSA) is 111 Å². The van der Waals surface area contributed by atoms with Gasteiger partial charge in [0.1, 0.15) is 22.7 Å². The molecule has 2 bridgehead atoms. The molecule has 1 spiro atoms. The van der Waals surface area contributed by atoms with Gasteiger partial charge in [-0.05, 0) is 90.7 Å². The number of carbonyl (C=O) groups is 3. The van der Waals surface area contributed by atoms with E-state index in [2.05, 4.69) is 49.2 Å². The maximum absolute atomic E-state index is 14.2. The lowest BCUT2D eigenvalue weighted by molar-refractivity contribution is -0.139. The molecular formula is C36H37BrN6O3. The molecule has 3 aromatic heterocycles. The van der Waals surface area contributed by atoms with Gasteiger partial charge in [-0.2, -0.15) is 5.10 Å². The van der Waals surface area contributed by atoms with Crippen molar-refractivity contribution >= 4 is 44.3 Å². The second-order valence-corrected chi connectivity index (χ2v) is 13.8. The van der Waals surface area contributed by atoms with Gasteiger partial charge < -0.3 is 4.90 Å². The summed E-state index contributed by atoms with van der Waals surface area (Å²) >= 11 is 3.50. The maximum Gasteiger partial charge on any atom is 0.245 e. The summed E-state index contributed by atoms with van der Waals surface area (Å²) in [7, 11) is 0. The van der Waals surface area contributed by atoms with Crippen molar-refractivity contribution in [3.05, 3.63) is 82.3 Å². The number of benzene rings is 1. The van der Waals surface area contributed by atoms with Crippen LogP contribution in [0.15, 0.2) is 59.5 Å². The van der Waals surface area contributed by atoms with Crippen molar-refractivity contribution in [3.8, 4) is 11.1 Å². The molecule has 0 N–H and O–H groups in total. The van der Waals surface area contributed by atoms with Gasteiger partial charge in [0.15, 0.2) is 11.6 Å². The van der Waals surface area contributed by atoms with Gasteiger partial charge in [0.25, 0.3) is 0 Å². The fourth-order valence-corrected chi connectivity index (χ4v) is 7.69. The zero-order valence-corrected chi connectivity index (χ0v) is 27.8. The highest BCUT2D eigenvalue weighted by Crippen LogP contribution is 2.61. The van der Waals surface area contributed by atoms with Gasteiger partial charge in [0.2, 0.25) is 5.91 Å². The molecule has 46 heavy (non-hydrogen) atoms. The fraction of sp³-hybridized carbons (Fsp3) is 0.417. The molecule has 0 radical (unpaired) electrons. The number of piperidine rings is 1. The second kappa shape index (κ2) is 12.3. The van der Waals surface area contributed by atoms with Crippen molar-refractivity contribution in [1.82, 2.24) is 29.6 Å². The number of aryl methyl sites for hydroxylation is 2. The number of ketones is 2. The molecule has 9 nitrogen and oxygen atoms in total. The van der Waals surface area contributed by atoms with E-state index in [0.717, 1.165) is 60.9 Å². The molecule has 1 saturated carbocycles. The number of hydrogen-bond acceptors (Lipinski definition) is 7. The van der Waals surface area contributed by atoms with Crippen LogP contribution < -0.4 is 0 Å². The number of nitrogens with zero attached hydrogens (tertiary/aromatic N) is 6. The van der Waals surface area contributed by atoms with Gasteiger partial charge in [-0.25, -0.2) is 15.0 Å². The summed E-state index contributed by atoms with van der Waals surface area (Å²) in [6, 6.07) is 9.19. The van der Waals surface area contributed by atoms with E-state index in [4.69, 9.17) is 4.98 Å². The van der Waals surface area contributed by atoms with Crippen LogP contribution in [-0.2, 0) is 29.0 Å². The molecule has 1 aliphatic heterocycles. The van der Waals surface area contributed by atoms with E-state index in [-0.39, 0.29) is 41.9 Å². The highest BCUT2D eigenvalue weighted by Gasteiger charge is 2.65. The molecule has 4 aromatic rings. The Labute approximate surface area is 276 Å². The van der Waals surface area contributed by atoms with Crippen molar-refractivity contribution in [2.75, 3.05) is 0 Å². The van der Waals surface area contributed by atoms with Crippen molar-refractivity contribution < 1.29 is 14.4 Å². The summed E-state index contributed by atoms with van der Waals surface area (Å²) in [5.41, 5.74) is 4.44. The van der Waals surface area contributed by atoms with Crippen LogP contribution in [0.5, 0.6) is 0 Å². The monoisotopic (exact) mass is 680 g/mol. The fourth-order valence-electron chi connectivity index (χ4n) is 7.34. The minimum Gasteiger partial charge on any atom is -0.327 e. The number of Topliss-reactive ketones (excluding diaryl/α,β-unsaturated/α-hetero) is 2. The first-order chi connectivity index (χ1) is 22.2. The number of halogens is 1. The van der Waals surface area contributed by atoms with Crippen LogP contribution in [0.3, 0.4) is 0 Å². The van der Waals surface area contributed by atoms with Crippen LogP contribution >= 0.6 is 15.9 Å². The number of pyridine rings is 1. The van der Waals surface area contributed by atoms with Crippen LogP contribution in [-0.4, -0.2) is 59.2 Å². The van der Waals surface area contributed by atoms with E-state index in [1.165, 1.54) is 13.3 Å². The van der Waals surface area contributed by atoms with E-state index in [9.17, 15) is 14.4 Å². The van der Waals surface area contributed by atoms with E-state index >= 15 is 0 Å². The lowest BCUT2D eigenvalue weighted by atomic mass is 9.93.